The highest BCUT2D eigenvalue weighted by Crippen LogP contribution is 2.19. The SMILES string of the molecule is CN(C)C(=O)CC1C(=O)NCCN1Cc1ccc2ccccc2c1. The molecular formula is C19H23N3O2. The molecule has 1 aliphatic heterocycles. The number of carbonyl (C=O) groups is 2. The molecule has 0 aliphatic carbocycles. The van der Waals surface area contributed by atoms with Crippen LogP contribution in [0.3, 0.4) is 0 Å². The van der Waals surface area contributed by atoms with E-state index in [0.717, 1.165) is 12.1 Å². The highest BCUT2D eigenvalue weighted by molar-refractivity contribution is 5.88. The maximum Gasteiger partial charge on any atom is 0.237 e. The lowest BCUT2D eigenvalue weighted by Gasteiger charge is -2.35. The highest BCUT2D eigenvalue weighted by atomic mass is 16.2. The zero-order valence-corrected chi connectivity index (χ0v) is 14.2. The maximum atomic E-state index is 12.2. The predicted molar refractivity (Wildman–Crippen MR) is 94.5 cm³/mol. The van der Waals surface area contributed by atoms with Gasteiger partial charge in [0.05, 0.1) is 12.5 Å². The van der Waals surface area contributed by atoms with E-state index in [-0.39, 0.29) is 18.2 Å². The third-order valence-corrected chi connectivity index (χ3v) is 4.51. The Kier molecular flexibility index (Phi) is 4.81. The minimum Gasteiger partial charge on any atom is -0.353 e. The molecule has 1 aliphatic rings. The van der Waals surface area contributed by atoms with Gasteiger partial charge in [0.25, 0.3) is 0 Å². The highest BCUT2D eigenvalue weighted by Gasteiger charge is 2.31. The summed E-state index contributed by atoms with van der Waals surface area (Å²) in [7, 11) is 3.44. The standard InChI is InChI=1S/C19H23N3O2/c1-21(2)18(23)12-17-19(24)20-9-10-22(17)13-14-7-8-15-5-3-4-6-16(15)11-14/h3-8,11,17H,9-10,12-13H2,1-2H3,(H,20,24). The molecule has 2 aromatic rings. The monoisotopic (exact) mass is 325 g/mol. The van der Waals surface area contributed by atoms with Crippen LogP contribution >= 0.6 is 0 Å². The Morgan fingerprint density at radius 3 is 2.71 bits per heavy atom. The van der Waals surface area contributed by atoms with Crippen LogP contribution in [0.25, 0.3) is 10.8 Å². The van der Waals surface area contributed by atoms with Crippen LogP contribution < -0.4 is 5.32 Å². The fraction of sp³-hybridized carbons (Fsp3) is 0.368. The van der Waals surface area contributed by atoms with Crippen LogP contribution in [-0.2, 0) is 16.1 Å². The van der Waals surface area contributed by atoms with Crippen LogP contribution in [-0.4, -0.2) is 54.8 Å². The van der Waals surface area contributed by atoms with Crippen LogP contribution in [0.15, 0.2) is 42.5 Å². The summed E-state index contributed by atoms with van der Waals surface area (Å²) < 4.78 is 0. The maximum absolute atomic E-state index is 12.2. The molecule has 0 aromatic heterocycles. The average molecular weight is 325 g/mol. The Morgan fingerprint density at radius 1 is 1.21 bits per heavy atom. The molecule has 2 aromatic carbocycles. The van der Waals surface area contributed by atoms with E-state index >= 15 is 0 Å². The molecule has 126 valence electrons. The third-order valence-electron chi connectivity index (χ3n) is 4.51. The van der Waals surface area contributed by atoms with E-state index in [2.05, 4.69) is 40.5 Å². The zero-order valence-electron chi connectivity index (χ0n) is 14.2. The van der Waals surface area contributed by atoms with Gasteiger partial charge in [0.2, 0.25) is 11.8 Å². The number of nitrogens with zero attached hydrogens (tertiary/aromatic N) is 2. The molecule has 0 bridgehead atoms. The van der Waals surface area contributed by atoms with E-state index in [1.807, 2.05) is 12.1 Å². The number of hydrogen-bond donors (Lipinski definition) is 1. The van der Waals surface area contributed by atoms with Gasteiger partial charge in [-0.05, 0) is 22.4 Å². The second kappa shape index (κ2) is 7.01. The number of nitrogens with one attached hydrogen (secondary N) is 1. The van der Waals surface area contributed by atoms with Crippen molar-refractivity contribution in [3.8, 4) is 0 Å². The molecule has 0 saturated carbocycles. The van der Waals surface area contributed by atoms with Crippen molar-refractivity contribution in [2.24, 2.45) is 0 Å². The van der Waals surface area contributed by atoms with Gasteiger partial charge in [-0.15, -0.1) is 0 Å². The summed E-state index contributed by atoms with van der Waals surface area (Å²) >= 11 is 0. The Balaban J connectivity index is 1.79. The lowest BCUT2D eigenvalue weighted by Crippen LogP contribution is -2.56. The van der Waals surface area contributed by atoms with Gasteiger partial charge >= 0.3 is 0 Å². The molecule has 3 rings (SSSR count). The normalized spacial score (nSPS) is 18.4. The van der Waals surface area contributed by atoms with Crippen molar-refractivity contribution < 1.29 is 9.59 Å². The van der Waals surface area contributed by atoms with Crippen molar-refractivity contribution in [1.82, 2.24) is 15.1 Å². The van der Waals surface area contributed by atoms with Gasteiger partial charge in [0.15, 0.2) is 0 Å². The van der Waals surface area contributed by atoms with Gasteiger partial charge in [-0.25, -0.2) is 0 Å². The summed E-state index contributed by atoms with van der Waals surface area (Å²) in [5, 5.41) is 5.27. The zero-order chi connectivity index (χ0) is 17.1. The first-order chi connectivity index (χ1) is 11.5. The topological polar surface area (TPSA) is 52.7 Å². The second-order valence-electron chi connectivity index (χ2n) is 6.45. The fourth-order valence-electron chi connectivity index (χ4n) is 3.09. The second-order valence-corrected chi connectivity index (χ2v) is 6.45. The van der Waals surface area contributed by atoms with Crippen LogP contribution in [0.2, 0.25) is 0 Å². The van der Waals surface area contributed by atoms with E-state index in [0.29, 0.717) is 13.1 Å². The Bertz CT molecular complexity index is 757. The van der Waals surface area contributed by atoms with Crippen molar-refractivity contribution in [3.63, 3.8) is 0 Å². The number of fused-ring (bicyclic) bond motifs is 1. The molecule has 2 amide bonds. The fourth-order valence-corrected chi connectivity index (χ4v) is 3.09. The van der Waals surface area contributed by atoms with Crippen molar-refractivity contribution in [2.45, 2.75) is 19.0 Å². The van der Waals surface area contributed by atoms with E-state index in [1.165, 1.54) is 15.7 Å². The van der Waals surface area contributed by atoms with Crippen molar-refractivity contribution in [2.75, 3.05) is 27.2 Å². The Morgan fingerprint density at radius 2 is 1.96 bits per heavy atom. The molecule has 1 fully saturated rings. The third kappa shape index (κ3) is 3.57. The smallest absolute Gasteiger partial charge is 0.237 e. The van der Waals surface area contributed by atoms with Gasteiger partial charge in [-0.2, -0.15) is 0 Å². The number of amides is 2. The Labute approximate surface area is 142 Å². The summed E-state index contributed by atoms with van der Waals surface area (Å²) in [6.07, 6.45) is 0.215. The average Bonchev–Trinajstić information content (AvgIpc) is 2.57. The van der Waals surface area contributed by atoms with Crippen molar-refractivity contribution >= 4 is 22.6 Å². The lowest BCUT2D eigenvalue weighted by atomic mass is 10.0. The molecule has 1 heterocycles. The van der Waals surface area contributed by atoms with Gasteiger partial charge < -0.3 is 10.2 Å². The minimum atomic E-state index is -0.403. The molecule has 5 heteroatoms. The number of hydrogen-bond acceptors (Lipinski definition) is 3. The number of rotatable bonds is 4. The van der Waals surface area contributed by atoms with Crippen LogP contribution in [0, 0.1) is 0 Å². The van der Waals surface area contributed by atoms with Crippen LogP contribution in [0.4, 0.5) is 0 Å². The summed E-state index contributed by atoms with van der Waals surface area (Å²) in [4.78, 5) is 27.9. The summed E-state index contributed by atoms with van der Waals surface area (Å²) in [6, 6.07) is 14.2. The molecule has 1 unspecified atom stereocenters. The van der Waals surface area contributed by atoms with Gasteiger partial charge in [-0.3, -0.25) is 14.5 Å². The van der Waals surface area contributed by atoms with Crippen molar-refractivity contribution in [1.29, 1.82) is 0 Å². The van der Waals surface area contributed by atoms with E-state index in [4.69, 9.17) is 0 Å². The molecule has 24 heavy (non-hydrogen) atoms. The molecule has 0 spiro atoms. The molecular weight excluding hydrogens is 302 g/mol. The number of piperazine rings is 1. The minimum absolute atomic E-state index is 0.0273. The first-order valence-electron chi connectivity index (χ1n) is 8.24. The molecule has 1 atom stereocenters. The molecule has 1 N–H and O–H groups in total. The molecule has 0 radical (unpaired) electrons. The quantitative estimate of drug-likeness (QED) is 0.929. The largest absolute Gasteiger partial charge is 0.353 e. The molecule has 5 nitrogen and oxygen atoms in total. The van der Waals surface area contributed by atoms with E-state index < -0.39 is 6.04 Å². The van der Waals surface area contributed by atoms with Crippen molar-refractivity contribution in [3.05, 3.63) is 48.0 Å². The summed E-state index contributed by atoms with van der Waals surface area (Å²) in [5.74, 6) is -0.0854. The predicted octanol–water partition coefficient (Wildman–Crippen LogP) is 1.62. The number of benzene rings is 2. The van der Waals surface area contributed by atoms with E-state index in [9.17, 15) is 9.59 Å². The van der Waals surface area contributed by atoms with E-state index in [1.54, 1.807) is 14.1 Å². The lowest BCUT2D eigenvalue weighted by molar-refractivity contribution is -0.137. The summed E-state index contributed by atoms with van der Waals surface area (Å²) in [6.45, 7) is 2.05. The van der Waals surface area contributed by atoms with Crippen LogP contribution in [0.5, 0.6) is 0 Å². The van der Waals surface area contributed by atoms with Gasteiger partial charge in [0.1, 0.15) is 0 Å². The molecule has 1 saturated heterocycles. The van der Waals surface area contributed by atoms with Crippen LogP contribution in [0.1, 0.15) is 12.0 Å². The summed E-state index contributed by atoms with van der Waals surface area (Å²) in [5.41, 5.74) is 1.16. The van der Waals surface area contributed by atoms with Gasteiger partial charge in [-0.1, -0.05) is 36.4 Å². The number of carbonyl (C=O) groups excluding carboxylic acids is 2. The first kappa shape index (κ1) is 16.5. The Hall–Kier alpha value is -2.40. The first-order valence-corrected chi connectivity index (χ1v) is 8.24. The van der Waals surface area contributed by atoms with Gasteiger partial charge in [0, 0.05) is 33.7 Å².